The number of carbonyl (C=O) groups is 2. The highest BCUT2D eigenvalue weighted by molar-refractivity contribution is 8.24. The molecule has 0 aromatic heterocycles. The quantitative estimate of drug-likeness (QED) is 0.358. The fourth-order valence-electron chi connectivity index (χ4n) is 3.85. The lowest BCUT2D eigenvalue weighted by Crippen LogP contribution is -2.41. The predicted octanol–water partition coefficient (Wildman–Crippen LogP) is 5.65. The van der Waals surface area contributed by atoms with Crippen molar-refractivity contribution in [2.24, 2.45) is 11.3 Å². The summed E-state index contributed by atoms with van der Waals surface area (Å²) in [6.07, 6.45) is 0.444. The van der Waals surface area contributed by atoms with Gasteiger partial charge in [-0.2, -0.15) is 0 Å². The van der Waals surface area contributed by atoms with E-state index in [9.17, 15) is 9.59 Å². The smallest absolute Gasteiger partial charge is 0.313 e. The van der Waals surface area contributed by atoms with E-state index >= 15 is 0 Å². The molecule has 0 aliphatic heterocycles. The fraction of sp³-hybridized carbons (Fsp3) is 0.400. The molecule has 0 fully saturated rings. The van der Waals surface area contributed by atoms with E-state index in [4.69, 9.17) is 21.7 Å². The highest BCUT2D eigenvalue weighted by Gasteiger charge is 2.44. The maximum absolute atomic E-state index is 12.9. The topological polar surface area (TPSA) is 52.6 Å². The van der Waals surface area contributed by atoms with Gasteiger partial charge in [0.15, 0.2) is 0 Å². The summed E-state index contributed by atoms with van der Waals surface area (Å²) in [7, 11) is 2.79. The van der Waals surface area contributed by atoms with E-state index in [1.54, 1.807) is 0 Å². The second-order valence-corrected chi connectivity index (χ2v) is 9.93. The Bertz CT molecular complexity index is 885. The van der Waals surface area contributed by atoms with Crippen LogP contribution in [0, 0.1) is 11.3 Å². The summed E-state index contributed by atoms with van der Waals surface area (Å²) in [5.74, 6) is -1.27. The Kier molecular flexibility index (Phi) is 9.26. The van der Waals surface area contributed by atoms with Gasteiger partial charge in [0.1, 0.15) is 0 Å². The van der Waals surface area contributed by atoms with Gasteiger partial charge in [-0.15, -0.1) is 11.8 Å². The molecule has 0 saturated heterocycles. The lowest BCUT2D eigenvalue weighted by molar-refractivity contribution is -0.154. The number of hydrogen-bond donors (Lipinski definition) is 0. The number of methoxy groups -OCH3 is 2. The molecule has 4 unspecified atom stereocenters. The van der Waals surface area contributed by atoms with Crippen LogP contribution in [0.2, 0.25) is 0 Å². The minimum atomic E-state index is -0.848. The lowest BCUT2D eigenvalue weighted by Gasteiger charge is -2.36. The number of rotatable bonds is 9. The number of benzene rings is 2. The molecule has 0 spiro atoms. The Balaban J connectivity index is 2.30. The summed E-state index contributed by atoms with van der Waals surface area (Å²) in [6.45, 7) is 5.85. The van der Waals surface area contributed by atoms with Gasteiger partial charge in [0.05, 0.1) is 29.7 Å². The summed E-state index contributed by atoms with van der Waals surface area (Å²) >= 11 is 7.11. The second-order valence-electron chi connectivity index (χ2n) is 7.92. The average Bonchev–Trinajstić information content (AvgIpc) is 2.79. The Morgan fingerprint density at radius 1 is 0.968 bits per heavy atom. The molecule has 4 atom stereocenters. The maximum atomic E-state index is 12.9. The first kappa shape index (κ1) is 25.1. The molecule has 2 aromatic rings. The van der Waals surface area contributed by atoms with Crippen molar-refractivity contribution in [2.45, 2.75) is 38.4 Å². The van der Waals surface area contributed by atoms with Crippen LogP contribution in [-0.2, 0) is 19.1 Å². The first-order valence-corrected chi connectivity index (χ1v) is 11.5. The van der Waals surface area contributed by atoms with Crippen LogP contribution in [0.1, 0.15) is 44.2 Å². The van der Waals surface area contributed by atoms with Gasteiger partial charge in [-0.1, -0.05) is 86.7 Å². The number of thioether (sulfide) groups is 1. The van der Waals surface area contributed by atoms with E-state index in [2.05, 4.69) is 0 Å². The minimum absolute atomic E-state index is 0.160. The van der Waals surface area contributed by atoms with Crippen molar-refractivity contribution in [3.05, 3.63) is 71.8 Å². The summed E-state index contributed by atoms with van der Waals surface area (Å²) in [6, 6.07) is 19.3. The van der Waals surface area contributed by atoms with Crippen LogP contribution in [0.5, 0.6) is 0 Å². The molecule has 0 radical (unpaired) electrons. The highest BCUT2D eigenvalue weighted by Crippen LogP contribution is 2.43. The number of esters is 2. The van der Waals surface area contributed by atoms with Gasteiger partial charge >= 0.3 is 11.9 Å². The first-order valence-electron chi connectivity index (χ1n) is 10.2. The molecule has 0 N–H and O–H groups in total. The van der Waals surface area contributed by atoms with Crippen molar-refractivity contribution in [3.8, 4) is 0 Å². The van der Waals surface area contributed by atoms with Crippen molar-refractivity contribution in [2.75, 3.05) is 14.2 Å². The molecule has 6 heteroatoms. The van der Waals surface area contributed by atoms with Gasteiger partial charge < -0.3 is 9.47 Å². The Morgan fingerprint density at radius 2 is 1.52 bits per heavy atom. The molecule has 31 heavy (non-hydrogen) atoms. The fourth-order valence-corrected chi connectivity index (χ4v) is 5.47. The molecule has 166 valence electrons. The Hall–Kier alpha value is -2.18. The van der Waals surface area contributed by atoms with E-state index in [1.165, 1.54) is 26.0 Å². The van der Waals surface area contributed by atoms with E-state index in [1.807, 2.05) is 81.4 Å². The van der Waals surface area contributed by atoms with Crippen molar-refractivity contribution in [1.29, 1.82) is 0 Å². The van der Waals surface area contributed by atoms with E-state index < -0.39 is 11.3 Å². The molecule has 2 aromatic carbocycles. The molecule has 4 nitrogen and oxygen atoms in total. The van der Waals surface area contributed by atoms with Crippen molar-refractivity contribution >= 4 is 40.1 Å². The van der Waals surface area contributed by atoms with Gasteiger partial charge in [0.25, 0.3) is 0 Å². The van der Waals surface area contributed by atoms with E-state index in [0.717, 1.165) is 15.3 Å². The van der Waals surface area contributed by atoms with Crippen LogP contribution >= 0.6 is 24.0 Å². The molecule has 0 amide bonds. The third kappa shape index (κ3) is 6.17. The summed E-state index contributed by atoms with van der Waals surface area (Å²) < 4.78 is 11.0. The zero-order chi connectivity index (χ0) is 23.0. The van der Waals surface area contributed by atoms with Crippen LogP contribution in [0.25, 0.3) is 0 Å². The van der Waals surface area contributed by atoms with Gasteiger partial charge in [-0.3, -0.25) is 9.59 Å². The number of carbonyl (C=O) groups excluding carboxylic acids is 2. The molecular formula is C25H30O4S2. The molecule has 2 rings (SSSR count). The van der Waals surface area contributed by atoms with Gasteiger partial charge in [-0.05, 0) is 30.4 Å². The third-order valence-corrected chi connectivity index (χ3v) is 7.62. The van der Waals surface area contributed by atoms with Crippen LogP contribution in [0.15, 0.2) is 60.7 Å². The molecule has 0 heterocycles. The SMILES string of the molecule is COC(=O)C(c1ccccc1)C(C)CC(C)(C(=O)OC)C(C)SC(=S)c1ccccc1. The lowest BCUT2D eigenvalue weighted by atomic mass is 9.73. The van der Waals surface area contributed by atoms with Crippen molar-refractivity contribution in [1.82, 2.24) is 0 Å². The Morgan fingerprint density at radius 3 is 2.03 bits per heavy atom. The van der Waals surface area contributed by atoms with Gasteiger partial charge in [0.2, 0.25) is 0 Å². The number of thiocarbonyl (C=S) groups is 1. The molecule has 0 bridgehead atoms. The molecule has 0 aliphatic carbocycles. The highest BCUT2D eigenvalue weighted by atomic mass is 32.2. The normalized spacial score (nSPS) is 15.8. The molecule has 0 saturated carbocycles. The van der Waals surface area contributed by atoms with Gasteiger partial charge in [0, 0.05) is 5.25 Å². The Labute approximate surface area is 194 Å². The van der Waals surface area contributed by atoms with E-state index in [0.29, 0.717) is 6.42 Å². The largest absolute Gasteiger partial charge is 0.469 e. The zero-order valence-corrected chi connectivity index (χ0v) is 20.3. The van der Waals surface area contributed by atoms with Gasteiger partial charge in [-0.25, -0.2) is 0 Å². The monoisotopic (exact) mass is 458 g/mol. The third-order valence-electron chi connectivity index (χ3n) is 5.77. The summed E-state index contributed by atoms with van der Waals surface area (Å²) in [5.41, 5.74) is 0.971. The van der Waals surface area contributed by atoms with Crippen LogP contribution in [0.4, 0.5) is 0 Å². The standard InChI is InChI=1S/C25H30O4S2/c1-17(21(22(26)28-4)19-12-8-6-9-13-19)16-25(3,24(27)29-5)18(2)31-23(30)20-14-10-7-11-15-20/h6-15,17-18,21H,16H2,1-5H3. The average molecular weight is 459 g/mol. The zero-order valence-electron chi connectivity index (χ0n) is 18.7. The number of ether oxygens (including phenoxy) is 2. The second kappa shape index (κ2) is 11.4. The summed E-state index contributed by atoms with van der Waals surface area (Å²) in [5, 5.41) is -0.163. The first-order chi connectivity index (χ1) is 14.7. The van der Waals surface area contributed by atoms with Crippen LogP contribution in [-0.4, -0.2) is 35.6 Å². The molecular weight excluding hydrogens is 428 g/mol. The number of hydrogen-bond acceptors (Lipinski definition) is 6. The predicted molar refractivity (Wildman–Crippen MR) is 130 cm³/mol. The maximum Gasteiger partial charge on any atom is 0.313 e. The van der Waals surface area contributed by atoms with Crippen LogP contribution < -0.4 is 0 Å². The van der Waals surface area contributed by atoms with E-state index in [-0.39, 0.29) is 23.1 Å². The van der Waals surface area contributed by atoms with Crippen LogP contribution in [0.3, 0.4) is 0 Å². The summed E-state index contributed by atoms with van der Waals surface area (Å²) in [4.78, 5) is 25.6. The minimum Gasteiger partial charge on any atom is -0.469 e. The molecule has 0 aliphatic rings. The van der Waals surface area contributed by atoms with Crippen molar-refractivity contribution < 1.29 is 19.1 Å². The van der Waals surface area contributed by atoms with Crippen molar-refractivity contribution in [3.63, 3.8) is 0 Å².